The Balaban J connectivity index is 1.43. The second-order valence-electron chi connectivity index (χ2n) is 7.98. The van der Waals surface area contributed by atoms with Crippen LogP contribution in [-0.2, 0) is 4.79 Å². The maximum absolute atomic E-state index is 13.0. The number of piperidine rings is 1. The van der Waals surface area contributed by atoms with E-state index in [4.69, 9.17) is 4.74 Å². The van der Waals surface area contributed by atoms with Gasteiger partial charge in [0.2, 0.25) is 5.91 Å². The molecule has 0 bridgehead atoms. The van der Waals surface area contributed by atoms with Crippen LogP contribution in [0.5, 0.6) is 5.75 Å². The highest BCUT2D eigenvalue weighted by atomic mass is 19.1. The number of fused-ring (bicyclic) bond motifs is 1. The number of ketones is 1. The van der Waals surface area contributed by atoms with E-state index < -0.39 is 5.60 Å². The van der Waals surface area contributed by atoms with Gasteiger partial charge in [-0.05, 0) is 54.8 Å². The first kappa shape index (κ1) is 19.4. The molecule has 2 aliphatic heterocycles. The minimum atomic E-state index is -0.528. The summed E-state index contributed by atoms with van der Waals surface area (Å²) in [5.74, 6) is 0.435. The van der Waals surface area contributed by atoms with Crippen molar-refractivity contribution in [1.29, 1.82) is 0 Å². The maximum atomic E-state index is 13.0. The second kappa shape index (κ2) is 7.47. The van der Waals surface area contributed by atoms with Crippen LogP contribution < -0.4 is 4.74 Å². The highest BCUT2D eigenvalue weighted by molar-refractivity contribution is 6.01. The molecule has 2 aromatic rings. The van der Waals surface area contributed by atoms with Gasteiger partial charge in [-0.25, -0.2) is 4.39 Å². The lowest BCUT2D eigenvalue weighted by atomic mass is 9.81. The first-order chi connectivity index (χ1) is 13.9. The number of nitrogens with zero attached hydrogens (tertiary/aromatic N) is 1. The third kappa shape index (κ3) is 3.82. The van der Waals surface area contributed by atoms with Gasteiger partial charge in [-0.3, -0.25) is 9.59 Å². The van der Waals surface area contributed by atoms with Crippen molar-refractivity contribution in [2.45, 2.75) is 38.7 Å². The Kier molecular flexibility index (Phi) is 4.99. The van der Waals surface area contributed by atoms with Crippen molar-refractivity contribution in [3.05, 3.63) is 70.5 Å². The average molecular weight is 393 g/mol. The lowest BCUT2D eigenvalue weighted by Crippen LogP contribution is -2.52. The molecular formula is C24H24FNO3. The molecular weight excluding hydrogens is 369 g/mol. The van der Waals surface area contributed by atoms with Crippen molar-refractivity contribution >= 4 is 17.8 Å². The number of likely N-dealkylation sites (tertiary alicyclic amines) is 1. The number of aryl methyl sites for hydroxylation is 1. The molecule has 1 fully saturated rings. The van der Waals surface area contributed by atoms with Crippen LogP contribution in [0, 0.1) is 19.7 Å². The molecule has 0 atom stereocenters. The van der Waals surface area contributed by atoms with Gasteiger partial charge in [-0.1, -0.05) is 18.2 Å². The van der Waals surface area contributed by atoms with Crippen molar-refractivity contribution in [3.8, 4) is 5.75 Å². The largest absolute Gasteiger partial charge is 0.486 e. The molecule has 4 rings (SSSR count). The van der Waals surface area contributed by atoms with Crippen LogP contribution in [0.4, 0.5) is 4.39 Å². The van der Waals surface area contributed by atoms with E-state index in [1.165, 1.54) is 18.2 Å². The van der Waals surface area contributed by atoms with Crippen molar-refractivity contribution < 1.29 is 18.7 Å². The number of carbonyl (C=O) groups excluding carboxylic acids is 2. The van der Waals surface area contributed by atoms with Crippen LogP contribution in [0.3, 0.4) is 0 Å². The minimum absolute atomic E-state index is 0.0845. The Morgan fingerprint density at radius 3 is 2.48 bits per heavy atom. The van der Waals surface area contributed by atoms with E-state index in [0.717, 1.165) is 16.7 Å². The molecule has 150 valence electrons. The van der Waals surface area contributed by atoms with Crippen molar-refractivity contribution in [1.82, 2.24) is 4.90 Å². The van der Waals surface area contributed by atoms with E-state index in [1.54, 1.807) is 23.1 Å². The van der Waals surface area contributed by atoms with E-state index in [1.807, 2.05) is 26.0 Å². The Morgan fingerprint density at radius 1 is 1.10 bits per heavy atom. The molecule has 1 spiro atoms. The van der Waals surface area contributed by atoms with Gasteiger partial charge in [0.1, 0.15) is 17.2 Å². The lowest BCUT2D eigenvalue weighted by Gasteiger charge is -2.44. The topological polar surface area (TPSA) is 46.6 Å². The van der Waals surface area contributed by atoms with Crippen molar-refractivity contribution in [3.63, 3.8) is 0 Å². The molecule has 0 unspecified atom stereocenters. The second-order valence-corrected chi connectivity index (χ2v) is 7.98. The quantitative estimate of drug-likeness (QED) is 0.707. The molecule has 0 saturated carbocycles. The molecule has 0 aromatic heterocycles. The van der Waals surface area contributed by atoms with Crippen LogP contribution in [0.15, 0.2) is 42.5 Å². The van der Waals surface area contributed by atoms with Crippen LogP contribution in [0.2, 0.25) is 0 Å². The third-order valence-corrected chi connectivity index (χ3v) is 6.05. The highest BCUT2D eigenvalue weighted by Gasteiger charge is 2.44. The molecule has 2 aliphatic rings. The number of benzene rings is 2. The van der Waals surface area contributed by atoms with Crippen LogP contribution in [0.1, 0.15) is 46.3 Å². The summed E-state index contributed by atoms with van der Waals surface area (Å²) in [7, 11) is 0. The zero-order valence-corrected chi connectivity index (χ0v) is 16.7. The van der Waals surface area contributed by atoms with Crippen molar-refractivity contribution in [2.75, 3.05) is 13.1 Å². The number of hydrogen-bond acceptors (Lipinski definition) is 3. The van der Waals surface area contributed by atoms with Gasteiger partial charge >= 0.3 is 0 Å². The Bertz CT molecular complexity index is 986. The van der Waals surface area contributed by atoms with Crippen LogP contribution >= 0.6 is 0 Å². The molecule has 1 saturated heterocycles. The Labute approximate surface area is 170 Å². The SMILES string of the molecule is Cc1ccc2c(c1C)OC1(CCN(C(=O)/C=C/c3ccc(F)cc3)CC1)CC2=O. The summed E-state index contributed by atoms with van der Waals surface area (Å²) in [4.78, 5) is 27.0. The van der Waals surface area contributed by atoms with E-state index in [2.05, 4.69) is 0 Å². The molecule has 0 aliphatic carbocycles. The number of Topliss-reactive ketones (excluding diaryl/α,β-unsaturated/α-hetero) is 1. The first-order valence-corrected chi connectivity index (χ1v) is 9.92. The number of halogens is 1. The predicted molar refractivity (Wildman–Crippen MR) is 109 cm³/mol. The molecule has 4 nitrogen and oxygen atoms in total. The zero-order chi connectivity index (χ0) is 20.6. The van der Waals surface area contributed by atoms with E-state index in [0.29, 0.717) is 43.7 Å². The third-order valence-electron chi connectivity index (χ3n) is 6.05. The molecule has 0 N–H and O–H groups in total. The fraction of sp³-hybridized carbons (Fsp3) is 0.333. The number of hydrogen-bond donors (Lipinski definition) is 0. The Hall–Kier alpha value is -2.95. The summed E-state index contributed by atoms with van der Waals surface area (Å²) in [6.07, 6.45) is 4.81. The molecule has 1 amide bonds. The number of rotatable bonds is 2. The Morgan fingerprint density at radius 2 is 1.79 bits per heavy atom. The summed E-state index contributed by atoms with van der Waals surface area (Å²) in [6, 6.07) is 9.82. The zero-order valence-electron chi connectivity index (χ0n) is 16.7. The fourth-order valence-corrected chi connectivity index (χ4v) is 4.04. The number of ether oxygens (including phenoxy) is 1. The van der Waals surface area contributed by atoms with Crippen LogP contribution in [-0.4, -0.2) is 35.3 Å². The molecule has 5 heteroatoms. The molecule has 2 heterocycles. The summed E-state index contributed by atoms with van der Waals surface area (Å²) in [6.45, 7) is 5.08. The highest BCUT2D eigenvalue weighted by Crippen LogP contribution is 2.41. The van der Waals surface area contributed by atoms with Gasteiger partial charge in [0.25, 0.3) is 0 Å². The lowest BCUT2D eigenvalue weighted by molar-refractivity contribution is -0.129. The maximum Gasteiger partial charge on any atom is 0.246 e. The predicted octanol–water partition coefficient (Wildman–Crippen LogP) is 4.48. The average Bonchev–Trinajstić information content (AvgIpc) is 2.71. The molecule has 29 heavy (non-hydrogen) atoms. The summed E-state index contributed by atoms with van der Waals surface area (Å²) < 4.78 is 19.4. The molecule has 2 aromatic carbocycles. The van der Waals surface area contributed by atoms with Gasteiger partial charge < -0.3 is 9.64 Å². The molecule has 0 radical (unpaired) electrons. The monoisotopic (exact) mass is 393 g/mol. The van der Waals surface area contributed by atoms with Crippen LogP contribution in [0.25, 0.3) is 6.08 Å². The van der Waals surface area contributed by atoms with Gasteiger partial charge in [-0.2, -0.15) is 0 Å². The van der Waals surface area contributed by atoms with Gasteiger partial charge in [0, 0.05) is 32.0 Å². The van der Waals surface area contributed by atoms with E-state index >= 15 is 0 Å². The summed E-state index contributed by atoms with van der Waals surface area (Å²) in [5, 5.41) is 0. The standard InChI is InChI=1S/C24H24FNO3/c1-16-3-9-20-21(27)15-24(29-23(20)17(16)2)11-13-26(14-12-24)22(28)10-6-18-4-7-19(25)8-5-18/h3-10H,11-15H2,1-2H3/b10-6+. The van der Waals surface area contributed by atoms with Gasteiger partial charge in [0.05, 0.1) is 12.0 Å². The van der Waals surface area contributed by atoms with E-state index in [-0.39, 0.29) is 17.5 Å². The normalized spacial score (nSPS) is 18.0. The smallest absolute Gasteiger partial charge is 0.246 e. The number of carbonyl (C=O) groups is 2. The summed E-state index contributed by atoms with van der Waals surface area (Å²) >= 11 is 0. The van der Waals surface area contributed by atoms with Gasteiger partial charge in [0.15, 0.2) is 5.78 Å². The number of amides is 1. The summed E-state index contributed by atoms with van der Waals surface area (Å²) in [5.41, 5.74) is 3.03. The minimum Gasteiger partial charge on any atom is -0.486 e. The fourth-order valence-electron chi connectivity index (χ4n) is 4.04. The van der Waals surface area contributed by atoms with Crippen molar-refractivity contribution in [2.24, 2.45) is 0 Å². The first-order valence-electron chi connectivity index (χ1n) is 9.92. The van der Waals surface area contributed by atoms with E-state index in [9.17, 15) is 14.0 Å². The van der Waals surface area contributed by atoms with Gasteiger partial charge in [-0.15, -0.1) is 0 Å².